The summed E-state index contributed by atoms with van der Waals surface area (Å²) in [5, 5.41) is 2.85. The van der Waals surface area contributed by atoms with Gasteiger partial charge >= 0.3 is 0 Å². The van der Waals surface area contributed by atoms with Crippen LogP contribution in [0.1, 0.15) is 49.4 Å². The molecule has 0 bridgehead atoms. The number of hydrogen-bond donors (Lipinski definition) is 1. The van der Waals surface area contributed by atoms with Crippen LogP contribution in [0.15, 0.2) is 24.3 Å². The van der Waals surface area contributed by atoms with Crippen LogP contribution >= 0.6 is 0 Å². The highest BCUT2D eigenvalue weighted by molar-refractivity contribution is 5.96. The molecule has 1 aliphatic heterocycles. The van der Waals surface area contributed by atoms with E-state index in [4.69, 9.17) is 0 Å². The predicted molar refractivity (Wildman–Crippen MR) is 88.0 cm³/mol. The number of amides is 2. The van der Waals surface area contributed by atoms with Crippen molar-refractivity contribution in [3.63, 3.8) is 0 Å². The maximum Gasteiger partial charge on any atom is 0.222 e. The molecular formula is C18H23FN2O3. The lowest BCUT2D eigenvalue weighted by atomic mass is 10.1. The highest BCUT2D eigenvalue weighted by Crippen LogP contribution is 2.11. The van der Waals surface area contributed by atoms with Gasteiger partial charge in [0.05, 0.1) is 0 Å². The number of likely N-dealkylation sites (tertiary alicyclic amines) is 1. The molecule has 1 fully saturated rings. The molecule has 1 heterocycles. The van der Waals surface area contributed by atoms with Crippen LogP contribution < -0.4 is 5.32 Å². The topological polar surface area (TPSA) is 66.5 Å². The van der Waals surface area contributed by atoms with Crippen molar-refractivity contribution < 1.29 is 18.8 Å². The fourth-order valence-electron chi connectivity index (χ4n) is 2.81. The number of carbonyl (C=O) groups is 3. The molecule has 2 rings (SSSR count). The van der Waals surface area contributed by atoms with Crippen LogP contribution in [0.2, 0.25) is 0 Å². The monoisotopic (exact) mass is 334 g/mol. The SMILES string of the molecule is C[C@@H](CN1CCCC1=O)NC(=O)CCCC(=O)c1ccc(F)cc1. The van der Waals surface area contributed by atoms with E-state index >= 15 is 0 Å². The van der Waals surface area contributed by atoms with Gasteiger partial charge in [0.25, 0.3) is 0 Å². The molecule has 2 amide bonds. The number of ketones is 1. The van der Waals surface area contributed by atoms with Crippen molar-refractivity contribution in [1.29, 1.82) is 0 Å². The van der Waals surface area contributed by atoms with Crippen molar-refractivity contribution in [2.75, 3.05) is 13.1 Å². The maximum atomic E-state index is 12.8. The number of nitrogens with one attached hydrogen (secondary N) is 1. The first-order valence-electron chi connectivity index (χ1n) is 8.31. The Balaban J connectivity index is 1.66. The second-order valence-corrected chi connectivity index (χ2v) is 6.20. The first-order valence-corrected chi connectivity index (χ1v) is 8.31. The quantitative estimate of drug-likeness (QED) is 0.742. The zero-order valence-electron chi connectivity index (χ0n) is 13.9. The van der Waals surface area contributed by atoms with Gasteiger partial charge in [-0.3, -0.25) is 14.4 Å². The van der Waals surface area contributed by atoms with Crippen LogP contribution in [0.5, 0.6) is 0 Å². The Morgan fingerprint density at radius 1 is 1.25 bits per heavy atom. The van der Waals surface area contributed by atoms with E-state index < -0.39 is 0 Å². The molecule has 5 nitrogen and oxygen atoms in total. The van der Waals surface area contributed by atoms with Gasteiger partial charge in [-0.1, -0.05) is 0 Å². The van der Waals surface area contributed by atoms with E-state index in [0.29, 0.717) is 24.9 Å². The van der Waals surface area contributed by atoms with Gasteiger partial charge in [0.2, 0.25) is 11.8 Å². The second-order valence-electron chi connectivity index (χ2n) is 6.20. The van der Waals surface area contributed by atoms with E-state index in [0.717, 1.165) is 13.0 Å². The molecule has 1 N–H and O–H groups in total. The van der Waals surface area contributed by atoms with Crippen molar-refractivity contribution in [2.45, 2.75) is 45.1 Å². The molecule has 1 aromatic rings. The van der Waals surface area contributed by atoms with E-state index in [1.54, 1.807) is 4.90 Å². The lowest BCUT2D eigenvalue weighted by Crippen LogP contribution is -2.42. The molecule has 1 aliphatic rings. The average Bonchev–Trinajstić information content (AvgIpc) is 2.92. The number of Topliss-reactive ketones (excluding diaryl/α,β-unsaturated/α-hetero) is 1. The maximum absolute atomic E-state index is 12.8. The van der Waals surface area contributed by atoms with Gasteiger partial charge in [-0.25, -0.2) is 4.39 Å². The Morgan fingerprint density at radius 2 is 1.96 bits per heavy atom. The Labute approximate surface area is 141 Å². The zero-order valence-corrected chi connectivity index (χ0v) is 13.9. The van der Waals surface area contributed by atoms with Crippen molar-refractivity contribution in [3.05, 3.63) is 35.6 Å². The van der Waals surface area contributed by atoms with Crippen LogP contribution in [0.25, 0.3) is 0 Å². The van der Waals surface area contributed by atoms with Crippen molar-refractivity contribution in [1.82, 2.24) is 10.2 Å². The smallest absolute Gasteiger partial charge is 0.222 e. The summed E-state index contributed by atoms with van der Waals surface area (Å²) in [6, 6.07) is 5.30. The van der Waals surface area contributed by atoms with E-state index in [9.17, 15) is 18.8 Å². The molecular weight excluding hydrogens is 311 g/mol. The molecule has 0 spiro atoms. The molecule has 6 heteroatoms. The van der Waals surface area contributed by atoms with Gasteiger partial charge in [-0.05, 0) is 44.0 Å². The van der Waals surface area contributed by atoms with Crippen molar-refractivity contribution in [2.24, 2.45) is 0 Å². The van der Waals surface area contributed by atoms with Gasteiger partial charge < -0.3 is 10.2 Å². The summed E-state index contributed by atoms with van der Waals surface area (Å²) >= 11 is 0. The van der Waals surface area contributed by atoms with Crippen LogP contribution in [0, 0.1) is 5.82 Å². The Morgan fingerprint density at radius 3 is 2.58 bits per heavy atom. The van der Waals surface area contributed by atoms with E-state index in [1.807, 2.05) is 6.92 Å². The highest BCUT2D eigenvalue weighted by atomic mass is 19.1. The number of rotatable bonds is 8. The fraction of sp³-hybridized carbons (Fsp3) is 0.500. The number of halogens is 1. The molecule has 24 heavy (non-hydrogen) atoms. The largest absolute Gasteiger partial charge is 0.352 e. The molecule has 0 radical (unpaired) electrons. The molecule has 130 valence electrons. The van der Waals surface area contributed by atoms with Crippen molar-refractivity contribution >= 4 is 17.6 Å². The van der Waals surface area contributed by atoms with Crippen LogP contribution in [0.3, 0.4) is 0 Å². The van der Waals surface area contributed by atoms with Crippen LogP contribution in [-0.2, 0) is 9.59 Å². The summed E-state index contributed by atoms with van der Waals surface area (Å²) in [7, 11) is 0. The number of nitrogens with zero attached hydrogens (tertiary/aromatic N) is 1. The minimum atomic E-state index is -0.378. The lowest BCUT2D eigenvalue weighted by Gasteiger charge is -2.21. The molecule has 0 aromatic heterocycles. The number of carbonyl (C=O) groups excluding carboxylic acids is 3. The van der Waals surface area contributed by atoms with E-state index in [2.05, 4.69) is 5.32 Å². The van der Waals surface area contributed by atoms with E-state index in [-0.39, 0.29) is 42.3 Å². The minimum Gasteiger partial charge on any atom is -0.352 e. The normalized spacial score (nSPS) is 15.4. The summed E-state index contributed by atoms with van der Waals surface area (Å²) in [6.45, 7) is 3.15. The van der Waals surface area contributed by atoms with Crippen molar-refractivity contribution in [3.8, 4) is 0 Å². The summed E-state index contributed by atoms with van der Waals surface area (Å²) < 4.78 is 12.8. The first-order chi connectivity index (χ1) is 11.5. The summed E-state index contributed by atoms with van der Waals surface area (Å²) in [6.07, 6.45) is 2.41. The molecule has 0 saturated carbocycles. The summed E-state index contributed by atoms with van der Waals surface area (Å²) in [5.74, 6) is -0.461. The van der Waals surface area contributed by atoms with Gasteiger partial charge in [0.1, 0.15) is 5.82 Å². The van der Waals surface area contributed by atoms with Crippen LogP contribution in [0.4, 0.5) is 4.39 Å². The molecule has 1 atom stereocenters. The lowest BCUT2D eigenvalue weighted by molar-refractivity contribution is -0.129. The van der Waals surface area contributed by atoms with Gasteiger partial charge in [0, 0.05) is 44.0 Å². The second kappa shape index (κ2) is 8.57. The van der Waals surface area contributed by atoms with Crippen LogP contribution in [-0.4, -0.2) is 41.6 Å². The van der Waals surface area contributed by atoms with Gasteiger partial charge in [-0.15, -0.1) is 0 Å². The zero-order chi connectivity index (χ0) is 17.5. The molecule has 1 aromatic carbocycles. The molecule has 0 unspecified atom stereocenters. The third kappa shape index (κ3) is 5.44. The highest BCUT2D eigenvalue weighted by Gasteiger charge is 2.22. The number of benzene rings is 1. The summed E-state index contributed by atoms with van der Waals surface area (Å²) in [5.41, 5.74) is 0.456. The standard InChI is InChI=1S/C18H23FN2O3/c1-13(12-21-11-3-6-18(21)24)20-17(23)5-2-4-16(22)14-7-9-15(19)10-8-14/h7-10,13H,2-6,11-12H2,1H3,(H,20,23)/t13-/m0/s1. The third-order valence-electron chi connectivity index (χ3n) is 4.05. The average molecular weight is 334 g/mol. The Hall–Kier alpha value is -2.24. The Kier molecular flexibility index (Phi) is 6.46. The fourth-order valence-corrected chi connectivity index (χ4v) is 2.81. The van der Waals surface area contributed by atoms with Gasteiger partial charge in [-0.2, -0.15) is 0 Å². The van der Waals surface area contributed by atoms with Gasteiger partial charge in [0.15, 0.2) is 5.78 Å². The van der Waals surface area contributed by atoms with E-state index in [1.165, 1.54) is 24.3 Å². The number of hydrogen-bond acceptors (Lipinski definition) is 3. The first kappa shape index (κ1) is 18.1. The predicted octanol–water partition coefficient (Wildman–Crippen LogP) is 2.31. The molecule has 0 aliphatic carbocycles. The Bertz CT molecular complexity index is 601. The minimum absolute atomic E-state index is 0.0986. The molecule has 1 saturated heterocycles. The third-order valence-corrected chi connectivity index (χ3v) is 4.05. The summed E-state index contributed by atoms with van der Waals surface area (Å²) in [4.78, 5) is 37.1.